The van der Waals surface area contributed by atoms with Gasteiger partial charge in [-0.2, -0.15) is 0 Å². The summed E-state index contributed by atoms with van der Waals surface area (Å²) in [6, 6.07) is 12.6. The monoisotopic (exact) mass is 409 g/mol. The van der Waals surface area contributed by atoms with Crippen LogP contribution in [0.2, 0.25) is 5.02 Å². The van der Waals surface area contributed by atoms with Gasteiger partial charge in [0.15, 0.2) is 0 Å². The van der Waals surface area contributed by atoms with Crippen molar-refractivity contribution >= 4 is 45.1 Å². The highest BCUT2D eigenvalue weighted by atomic mass is 79.9. The number of hydrogen-bond donors (Lipinski definition) is 1. The fraction of sp³-hybridized carbons (Fsp3) is 0.222. The SMILES string of the molecule is COC(=O)CCCc1ccccc1NC(=O)c1ccc(Cl)c(Br)c1. The molecular weight excluding hydrogens is 394 g/mol. The Bertz CT molecular complexity index is 749. The molecule has 0 aromatic heterocycles. The number of hydrogen-bond acceptors (Lipinski definition) is 3. The first kappa shape index (κ1) is 18.5. The van der Waals surface area contributed by atoms with Gasteiger partial charge in [-0.15, -0.1) is 0 Å². The summed E-state index contributed by atoms with van der Waals surface area (Å²) in [7, 11) is 1.38. The minimum atomic E-state index is -0.234. The van der Waals surface area contributed by atoms with Crippen molar-refractivity contribution in [3.05, 3.63) is 63.1 Å². The molecule has 126 valence electrons. The summed E-state index contributed by atoms with van der Waals surface area (Å²) in [5.41, 5.74) is 2.22. The number of carbonyl (C=O) groups is 2. The second-order valence-electron chi connectivity index (χ2n) is 5.17. The Kier molecular flexibility index (Phi) is 6.82. The van der Waals surface area contributed by atoms with Crippen molar-refractivity contribution in [3.8, 4) is 0 Å². The maximum absolute atomic E-state index is 12.4. The van der Waals surface area contributed by atoms with Crippen LogP contribution in [0.5, 0.6) is 0 Å². The van der Waals surface area contributed by atoms with Gasteiger partial charge in [0.05, 0.1) is 12.1 Å². The van der Waals surface area contributed by atoms with Crippen LogP contribution in [0.1, 0.15) is 28.8 Å². The molecule has 0 aliphatic carbocycles. The van der Waals surface area contributed by atoms with Crippen molar-refractivity contribution in [3.63, 3.8) is 0 Å². The van der Waals surface area contributed by atoms with Gasteiger partial charge in [0.1, 0.15) is 0 Å². The number of para-hydroxylation sites is 1. The van der Waals surface area contributed by atoms with Crippen molar-refractivity contribution in [2.24, 2.45) is 0 Å². The zero-order valence-corrected chi connectivity index (χ0v) is 15.5. The highest BCUT2D eigenvalue weighted by molar-refractivity contribution is 9.10. The third-order valence-corrected chi connectivity index (χ3v) is 4.72. The lowest BCUT2D eigenvalue weighted by molar-refractivity contribution is -0.140. The van der Waals surface area contributed by atoms with Gasteiger partial charge in [-0.25, -0.2) is 0 Å². The van der Waals surface area contributed by atoms with Crippen molar-refractivity contribution < 1.29 is 14.3 Å². The van der Waals surface area contributed by atoms with Gasteiger partial charge in [0.2, 0.25) is 0 Å². The molecular formula is C18H17BrClNO3. The molecule has 1 N–H and O–H groups in total. The molecule has 2 aromatic carbocycles. The molecule has 2 aromatic rings. The number of esters is 1. The van der Waals surface area contributed by atoms with Crippen LogP contribution < -0.4 is 5.32 Å². The van der Waals surface area contributed by atoms with Crippen molar-refractivity contribution in [2.45, 2.75) is 19.3 Å². The first-order valence-electron chi connectivity index (χ1n) is 7.42. The molecule has 1 amide bonds. The zero-order chi connectivity index (χ0) is 17.5. The Hall–Kier alpha value is -1.85. The average Bonchev–Trinajstić information content (AvgIpc) is 2.58. The lowest BCUT2D eigenvalue weighted by atomic mass is 10.1. The minimum Gasteiger partial charge on any atom is -0.469 e. The number of halogens is 2. The molecule has 0 heterocycles. The van der Waals surface area contributed by atoms with Gasteiger partial charge in [0.25, 0.3) is 5.91 Å². The molecule has 0 spiro atoms. The summed E-state index contributed by atoms with van der Waals surface area (Å²) >= 11 is 9.26. The smallest absolute Gasteiger partial charge is 0.305 e. The number of methoxy groups -OCH3 is 1. The van der Waals surface area contributed by atoms with E-state index in [1.54, 1.807) is 18.2 Å². The van der Waals surface area contributed by atoms with E-state index in [-0.39, 0.29) is 11.9 Å². The van der Waals surface area contributed by atoms with Gasteiger partial charge in [-0.05, 0) is 58.6 Å². The molecule has 0 saturated heterocycles. The topological polar surface area (TPSA) is 55.4 Å². The molecule has 0 aliphatic rings. The summed E-state index contributed by atoms with van der Waals surface area (Å²) in [5.74, 6) is -0.449. The van der Waals surface area contributed by atoms with Crippen molar-refractivity contribution in [1.82, 2.24) is 0 Å². The van der Waals surface area contributed by atoms with Gasteiger partial charge in [0, 0.05) is 22.1 Å². The van der Waals surface area contributed by atoms with E-state index in [0.717, 1.165) is 11.3 Å². The first-order chi connectivity index (χ1) is 11.5. The van der Waals surface area contributed by atoms with Crippen LogP contribution in [-0.2, 0) is 16.0 Å². The van der Waals surface area contributed by atoms with E-state index >= 15 is 0 Å². The van der Waals surface area contributed by atoms with E-state index in [2.05, 4.69) is 26.0 Å². The highest BCUT2D eigenvalue weighted by Crippen LogP contribution is 2.24. The summed E-state index contributed by atoms with van der Waals surface area (Å²) in [6.45, 7) is 0. The Morgan fingerprint density at radius 1 is 1.21 bits per heavy atom. The normalized spacial score (nSPS) is 10.3. The number of nitrogens with one attached hydrogen (secondary N) is 1. The average molecular weight is 411 g/mol. The maximum atomic E-state index is 12.4. The molecule has 0 radical (unpaired) electrons. The number of benzene rings is 2. The quantitative estimate of drug-likeness (QED) is 0.693. The van der Waals surface area contributed by atoms with Crippen LogP contribution in [0, 0.1) is 0 Å². The van der Waals surface area contributed by atoms with Gasteiger partial charge in [-0.1, -0.05) is 29.8 Å². The molecule has 0 fully saturated rings. The third-order valence-electron chi connectivity index (χ3n) is 3.50. The number of rotatable bonds is 6. The lowest BCUT2D eigenvalue weighted by Crippen LogP contribution is -2.13. The molecule has 24 heavy (non-hydrogen) atoms. The number of aryl methyl sites for hydroxylation is 1. The summed E-state index contributed by atoms with van der Waals surface area (Å²) in [4.78, 5) is 23.6. The number of carbonyl (C=O) groups excluding carboxylic acids is 2. The van der Waals surface area contributed by atoms with Crippen LogP contribution in [0.15, 0.2) is 46.9 Å². The van der Waals surface area contributed by atoms with Crippen LogP contribution in [0.25, 0.3) is 0 Å². The fourth-order valence-corrected chi connectivity index (χ4v) is 2.71. The molecule has 0 bridgehead atoms. The Balaban J connectivity index is 2.07. The summed E-state index contributed by atoms with van der Waals surface area (Å²) < 4.78 is 5.31. The Morgan fingerprint density at radius 2 is 1.96 bits per heavy atom. The number of ether oxygens (including phenoxy) is 1. The van der Waals surface area contributed by atoms with Gasteiger partial charge >= 0.3 is 5.97 Å². The van der Waals surface area contributed by atoms with Gasteiger partial charge < -0.3 is 10.1 Å². The van der Waals surface area contributed by atoms with Crippen LogP contribution >= 0.6 is 27.5 Å². The highest BCUT2D eigenvalue weighted by Gasteiger charge is 2.11. The van der Waals surface area contributed by atoms with Gasteiger partial charge in [-0.3, -0.25) is 9.59 Å². The lowest BCUT2D eigenvalue weighted by Gasteiger charge is -2.11. The second kappa shape index (κ2) is 8.85. The molecule has 2 rings (SSSR count). The summed E-state index contributed by atoms with van der Waals surface area (Å²) in [6.07, 6.45) is 1.69. The molecule has 6 heteroatoms. The Labute approximate surface area is 154 Å². The molecule has 0 saturated carbocycles. The standard InChI is InChI=1S/C18H17BrClNO3/c1-24-17(22)8-4-6-12-5-2-3-7-16(12)21-18(23)13-9-10-15(20)14(19)11-13/h2-3,5,7,9-11H,4,6,8H2,1H3,(H,21,23). The van der Waals surface area contributed by atoms with E-state index in [1.165, 1.54) is 7.11 Å². The van der Waals surface area contributed by atoms with Crippen LogP contribution in [0.3, 0.4) is 0 Å². The maximum Gasteiger partial charge on any atom is 0.305 e. The van der Waals surface area contributed by atoms with E-state index in [0.29, 0.717) is 34.3 Å². The van der Waals surface area contributed by atoms with Crippen LogP contribution in [-0.4, -0.2) is 19.0 Å². The minimum absolute atomic E-state index is 0.215. The van der Waals surface area contributed by atoms with Crippen molar-refractivity contribution in [2.75, 3.05) is 12.4 Å². The number of anilines is 1. The predicted octanol–water partition coefficient (Wildman–Crippen LogP) is 4.85. The van der Waals surface area contributed by atoms with Crippen LogP contribution in [0.4, 0.5) is 5.69 Å². The first-order valence-corrected chi connectivity index (χ1v) is 8.59. The van der Waals surface area contributed by atoms with Crippen molar-refractivity contribution in [1.29, 1.82) is 0 Å². The summed E-state index contributed by atoms with van der Waals surface area (Å²) in [5, 5.41) is 3.46. The van der Waals surface area contributed by atoms with E-state index in [9.17, 15) is 9.59 Å². The molecule has 0 unspecified atom stereocenters. The number of amides is 1. The second-order valence-corrected chi connectivity index (χ2v) is 6.43. The Morgan fingerprint density at radius 3 is 2.67 bits per heavy atom. The third kappa shape index (κ3) is 5.08. The van der Waals surface area contributed by atoms with E-state index in [4.69, 9.17) is 11.6 Å². The predicted molar refractivity (Wildman–Crippen MR) is 98.5 cm³/mol. The molecule has 4 nitrogen and oxygen atoms in total. The fourth-order valence-electron chi connectivity index (χ4n) is 2.22. The molecule has 0 aliphatic heterocycles. The zero-order valence-electron chi connectivity index (χ0n) is 13.1. The van der Waals surface area contributed by atoms with E-state index < -0.39 is 0 Å². The molecule has 0 atom stereocenters. The largest absolute Gasteiger partial charge is 0.469 e. The van der Waals surface area contributed by atoms with E-state index in [1.807, 2.05) is 24.3 Å².